The molecule has 11 atom stereocenters. The van der Waals surface area contributed by atoms with E-state index >= 15 is 4.79 Å². The third-order valence-electron chi connectivity index (χ3n) is 12.8. The van der Waals surface area contributed by atoms with Gasteiger partial charge in [0, 0.05) is 27.0 Å². The van der Waals surface area contributed by atoms with Crippen LogP contribution in [-0.2, 0) is 75.3 Å². The van der Waals surface area contributed by atoms with Crippen molar-refractivity contribution in [2.45, 2.75) is 135 Å². The van der Waals surface area contributed by atoms with E-state index in [-0.39, 0.29) is 61.7 Å². The predicted octanol–water partition coefficient (Wildman–Crippen LogP) is -2.90. The molecule has 0 aliphatic carbocycles. The SMILES string of the molecule is C/C=C1\NC(=O)[C@H](NC(=O)[C@@H](NC(=O)[C@@H](COS(=O)(=O)[O-])OC)[C@@H](C)CC)[C@@H](C)OC(=O)[C@H]([C@H](C)CC)NC(=O)[C@H](Cc2ccccc2)N(C)C(=O)[C@H](Cc2ccccc2)N2C(=O)[C@H](CC[C@H]2O)NC1=O.[Na+]. The fourth-order valence-electron chi connectivity index (χ4n) is 8.11. The molecule has 2 aliphatic heterocycles. The molecule has 2 fully saturated rings. The number of piperidine rings is 1. The number of cyclic esters (lactones) is 1. The van der Waals surface area contributed by atoms with E-state index < -0.39 is 137 Å². The van der Waals surface area contributed by atoms with Crippen LogP contribution in [0.25, 0.3) is 0 Å². The first-order valence-corrected chi connectivity index (χ1v) is 24.8. The maximum Gasteiger partial charge on any atom is 1.00 e. The topological polar surface area (TPSA) is 308 Å². The molecule has 2 aromatic rings. The summed E-state index contributed by atoms with van der Waals surface area (Å²) >= 11 is 0. The Morgan fingerprint density at radius 1 is 0.889 bits per heavy atom. The molecule has 22 nitrogen and oxygen atoms in total. The number of carbonyl (C=O) groups excluding carboxylic acids is 8. The zero-order chi connectivity index (χ0) is 52.7. The predicted molar refractivity (Wildman–Crippen MR) is 253 cm³/mol. The number of fused-ring (bicyclic) bond motifs is 2. The second kappa shape index (κ2) is 28.3. The first-order chi connectivity index (χ1) is 33.5. The van der Waals surface area contributed by atoms with Gasteiger partial charge in [0.1, 0.15) is 60.9 Å². The molecule has 2 bridgehead atoms. The molecule has 7 amide bonds. The number of hydrogen-bond acceptors (Lipinski definition) is 15. The van der Waals surface area contributed by atoms with Crippen LogP contribution in [0.5, 0.6) is 0 Å². The molecule has 6 N–H and O–H groups in total. The fraction of sp³-hybridized carbons (Fsp3) is 0.542. The number of methoxy groups -OCH3 is 1. The monoisotopic (exact) mass is 1040 g/mol. The molecular formula is C48H66N7NaO15S. The van der Waals surface area contributed by atoms with Crippen molar-refractivity contribution >= 4 is 57.7 Å². The van der Waals surface area contributed by atoms with Crippen molar-refractivity contribution in [2.75, 3.05) is 20.8 Å². The van der Waals surface area contributed by atoms with Crippen molar-refractivity contribution in [1.82, 2.24) is 36.4 Å². The van der Waals surface area contributed by atoms with E-state index in [0.717, 1.165) is 12.0 Å². The summed E-state index contributed by atoms with van der Waals surface area (Å²) in [6.45, 7) is 8.33. The van der Waals surface area contributed by atoms with E-state index in [0.29, 0.717) is 17.5 Å². The van der Waals surface area contributed by atoms with Gasteiger partial charge in [-0.3, -0.25) is 37.7 Å². The number of carbonyl (C=O) groups is 8. The quantitative estimate of drug-likeness (QED) is 0.0323. The number of aliphatic hydroxyl groups is 1. The van der Waals surface area contributed by atoms with E-state index in [1.54, 1.807) is 88.4 Å². The normalized spacial score (nSPS) is 25.1. The van der Waals surface area contributed by atoms with E-state index in [2.05, 4.69) is 30.8 Å². The largest absolute Gasteiger partial charge is 1.00 e. The van der Waals surface area contributed by atoms with Crippen LogP contribution in [0.2, 0.25) is 0 Å². The van der Waals surface area contributed by atoms with Gasteiger partial charge >= 0.3 is 35.5 Å². The zero-order valence-electron chi connectivity index (χ0n) is 42.1. The smallest absolute Gasteiger partial charge is 0.726 e. The Bertz CT molecular complexity index is 2360. The Morgan fingerprint density at radius 3 is 2.00 bits per heavy atom. The average molecular weight is 1040 g/mol. The first-order valence-electron chi connectivity index (χ1n) is 23.4. The number of amides is 7. The number of nitrogens with one attached hydrogen (secondary N) is 5. The van der Waals surface area contributed by atoms with Crippen LogP contribution in [0.4, 0.5) is 0 Å². The molecule has 390 valence electrons. The molecule has 24 heteroatoms. The van der Waals surface area contributed by atoms with Crippen LogP contribution in [0.15, 0.2) is 72.4 Å². The van der Waals surface area contributed by atoms with Gasteiger partial charge in [0.05, 0.1) is 0 Å². The summed E-state index contributed by atoms with van der Waals surface area (Å²) in [7, 11) is -2.82. The molecule has 2 aromatic carbocycles. The molecule has 72 heavy (non-hydrogen) atoms. The van der Waals surface area contributed by atoms with Crippen LogP contribution in [0, 0.1) is 11.8 Å². The van der Waals surface area contributed by atoms with Gasteiger partial charge in [0.25, 0.3) is 17.7 Å². The van der Waals surface area contributed by atoms with Gasteiger partial charge in [-0.1, -0.05) is 107 Å². The fourth-order valence-corrected chi connectivity index (χ4v) is 8.40. The summed E-state index contributed by atoms with van der Waals surface area (Å²) in [5, 5.41) is 24.2. The second-order valence-corrected chi connectivity index (χ2v) is 18.7. The Kier molecular flexibility index (Phi) is 23.9. The number of aliphatic hydroxyl groups excluding tert-OH is 1. The van der Waals surface area contributed by atoms with Crippen LogP contribution in [-0.4, -0.2) is 151 Å². The molecule has 0 radical (unpaired) electrons. The molecule has 0 unspecified atom stereocenters. The number of nitrogens with zero attached hydrogens (tertiary/aromatic N) is 2. The van der Waals surface area contributed by atoms with Gasteiger partial charge < -0.3 is 55.5 Å². The Labute approximate surface area is 442 Å². The zero-order valence-corrected chi connectivity index (χ0v) is 44.9. The summed E-state index contributed by atoms with van der Waals surface area (Å²) in [6.07, 6.45) is -3.32. The average Bonchev–Trinajstić information content (AvgIpc) is 3.34. The number of esters is 1. The van der Waals surface area contributed by atoms with Crippen molar-refractivity contribution in [1.29, 1.82) is 0 Å². The number of benzene rings is 2. The van der Waals surface area contributed by atoms with Crippen molar-refractivity contribution in [3.63, 3.8) is 0 Å². The third-order valence-corrected chi connectivity index (χ3v) is 13.2. The van der Waals surface area contributed by atoms with Crippen LogP contribution in [0.3, 0.4) is 0 Å². The van der Waals surface area contributed by atoms with Gasteiger partial charge in [0.15, 0.2) is 6.10 Å². The molecule has 2 saturated heterocycles. The number of ether oxygens (including phenoxy) is 2. The van der Waals surface area contributed by atoms with Crippen molar-refractivity contribution in [2.24, 2.45) is 11.8 Å². The van der Waals surface area contributed by atoms with Crippen molar-refractivity contribution in [3.8, 4) is 0 Å². The van der Waals surface area contributed by atoms with Crippen LogP contribution in [0.1, 0.15) is 78.4 Å². The number of likely N-dealkylation sites (N-methyl/N-ethyl adjacent to an activating group) is 1. The Balaban J connectivity index is 0.0000137. The summed E-state index contributed by atoms with van der Waals surface area (Å²) in [6, 6.07) is 8.67. The first kappa shape index (κ1) is 61.0. The van der Waals surface area contributed by atoms with Gasteiger partial charge in [-0.2, -0.15) is 0 Å². The van der Waals surface area contributed by atoms with E-state index in [1.165, 1.54) is 31.9 Å². The molecule has 0 spiro atoms. The standard InChI is InChI=1S/C48H67N7O15S.Na/c1-9-27(4)38(51-43(59)36(68-8)26-69-71(65,66)67)44(60)53-40-29(6)70-48(64)39(28(5)10-2)52-42(58)34(24-30-18-14-12-15-19-30)54(7)47(63)35(25-31-20-16-13-17-21-31)55-37(56)23-22-33(46(55)62)50-41(57)32(11-3)49-45(40)61;/h11-21,27-29,33-40,56H,9-10,22-26H2,1-8H3,(H,49,61)(H,50,57)(H,51,59)(H,52,58)(H,53,60)(H,65,66,67);/q;+1/p-1/b32-11-;/t27-,28+,29+,33-,34-,35-,36+,37+,38-,39-,40+;/m0./s1. The summed E-state index contributed by atoms with van der Waals surface area (Å²) in [5.41, 5.74) is 0.836. The number of hydrogen-bond donors (Lipinski definition) is 6. The summed E-state index contributed by atoms with van der Waals surface area (Å²) in [4.78, 5) is 117. The summed E-state index contributed by atoms with van der Waals surface area (Å²) in [5.74, 6) is -8.84. The molecule has 4 rings (SSSR count). The maximum atomic E-state index is 15.0. The van der Waals surface area contributed by atoms with Crippen molar-refractivity contribution < 1.29 is 99.6 Å². The van der Waals surface area contributed by atoms with Gasteiger partial charge in [-0.15, -0.1) is 0 Å². The summed E-state index contributed by atoms with van der Waals surface area (Å²) < 4.78 is 48.5. The van der Waals surface area contributed by atoms with E-state index in [4.69, 9.17) is 9.47 Å². The maximum absolute atomic E-state index is 15.0. The molecular weight excluding hydrogens is 970 g/mol. The Morgan fingerprint density at radius 2 is 1.47 bits per heavy atom. The number of allylic oxidation sites excluding steroid dienone is 1. The van der Waals surface area contributed by atoms with Gasteiger partial charge in [0.2, 0.25) is 34.0 Å². The Hall–Kier alpha value is -5.27. The van der Waals surface area contributed by atoms with Gasteiger partial charge in [-0.25, -0.2) is 13.2 Å². The van der Waals surface area contributed by atoms with Gasteiger partial charge in [-0.05, 0) is 49.7 Å². The van der Waals surface area contributed by atoms with Crippen LogP contribution >= 0.6 is 0 Å². The minimum absolute atomic E-state index is 0. The van der Waals surface area contributed by atoms with Crippen LogP contribution < -0.4 is 56.1 Å². The van der Waals surface area contributed by atoms with E-state index in [9.17, 15) is 51.6 Å². The van der Waals surface area contributed by atoms with Crippen molar-refractivity contribution in [3.05, 3.63) is 83.6 Å². The second-order valence-electron chi connectivity index (χ2n) is 17.7. The minimum atomic E-state index is -5.24. The number of rotatable bonds is 16. The van der Waals surface area contributed by atoms with E-state index in [1.807, 2.05) is 0 Å². The molecule has 0 saturated carbocycles. The third kappa shape index (κ3) is 16.6. The molecule has 2 aliphatic rings. The molecule has 2 heterocycles. The molecule has 0 aromatic heterocycles. The minimum Gasteiger partial charge on any atom is -0.726 e.